The van der Waals surface area contributed by atoms with Crippen molar-refractivity contribution in [2.45, 2.75) is 58.2 Å². The van der Waals surface area contributed by atoms with Crippen molar-refractivity contribution in [3.63, 3.8) is 0 Å². The van der Waals surface area contributed by atoms with Gasteiger partial charge in [-0.3, -0.25) is 14.2 Å². The van der Waals surface area contributed by atoms with Crippen molar-refractivity contribution in [2.24, 2.45) is 0 Å². The van der Waals surface area contributed by atoms with Gasteiger partial charge in [0, 0.05) is 11.6 Å². The Morgan fingerprint density at radius 2 is 1.97 bits per heavy atom. The molecule has 0 unspecified atom stereocenters. The monoisotopic (exact) mass is 409 g/mol. The van der Waals surface area contributed by atoms with Crippen LogP contribution in [0.5, 0.6) is 0 Å². The fraction of sp³-hybridized carbons (Fsp3) is 0.409. The zero-order valence-electron chi connectivity index (χ0n) is 17.4. The number of halogens is 1. The van der Waals surface area contributed by atoms with Crippen LogP contribution in [0.2, 0.25) is 0 Å². The first-order chi connectivity index (χ1) is 14.1. The zero-order chi connectivity index (χ0) is 21.4. The summed E-state index contributed by atoms with van der Waals surface area (Å²) in [5.74, 6) is -0.243. The summed E-state index contributed by atoms with van der Waals surface area (Å²) in [6, 6.07) is 4.36. The number of rotatable bonds is 3. The Bertz CT molecular complexity index is 1260. The molecule has 0 bridgehead atoms. The standard InChI is InChI=1S/C22H24FN5O2/c1-10-17-13(19(29)24-10)9-15(25-17)16-14(23)8-7-12-18(16)26-21(27-22(2,3)4)28(20(12)30)11-5-6-11/h7-11,25H,5-6H2,1-4H3,(H,24,29)(H,26,27)/t10-/m1/s1. The first kappa shape index (κ1) is 18.8. The fourth-order valence-electron chi connectivity index (χ4n) is 4.07. The van der Waals surface area contributed by atoms with Gasteiger partial charge in [0.15, 0.2) is 0 Å². The van der Waals surface area contributed by atoms with E-state index in [0.717, 1.165) is 12.8 Å². The number of amides is 1. The molecule has 1 fully saturated rings. The molecule has 2 aromatic heterocycles. The maximum absolute atomic E-state index is 15.0. The lowest BCUT2D eigenvalue weighted by Gasteiger charge is -2.24. The van der Waals surface area contributed by atoms with Gasteiger partial charge in [-0.1, -0.05) is 0 Å². The number of nitrogens with zero attached hydrogens (tertiary/aromatic N) is 2. The van der Waals surface area contributed by atoms with E-state index in [0.29, 0.717) is 28.3 Å². The van der Waals surface area contributed by atoms with E-state index in [2.05, 4.69) is 15.6 Å². The van der Waals surface area contributed by atoms with Gasteiger partial charge in [0.05, 0.1) is 39.5 Å². The molecule has 2 aliphatic rings. The van der Waals surface area contributed by atoms with Crippen LogP contribution in [0.1, 0.15) is 68.7 Å². The van der Waals surface area contributed by atoms with E-state index in [9.17, 15) is 9.59 Å². The van der Waals surface area contributed by atoms with Gasteiger partial charge in [0.1, 0.15) is 5.82 Å². The lowest BCUT2D eigenvalue weighted by molar-refractivity contribution is 0.0958. The Balaban J connectivity index is 1.78. The SMILES string of the molecule is C[C@H]1NC(=O)c2cc(-c3c(F)ccc4c(=O)n(C5CC5)c(NC(C)(C)C)nc34)[nH]c21. The quantitative estimate of drug-likeness (QED) is 0.612. The molecule has 3 N–H and O–H groups in total. The predicted molar refractivity (Wildman–Crippen MR) is 113 cm³/mol. The van der Waals surface area contributed by atoms with Crippen molar-refractivity contribution in [1.82, 2.24) is 19.9 Å². The average Bonchev–Trinajstić information content (AvgIpc) is 3.30. The highest BCUT2D eigenvalue weighted by atomic mass is 19.1. The molecular weight excluding hydrogens is 385 g/mol. The summed E-state index contributed by atoms with van der Waals surface area (Å²) in [5, 5.41) is 6.50. The molecule has 1 aliphatic carbocycles. The number of hydrogen-bond donors (Lipinski definition) is 3. The van der Waals surface area contributed by atoms with Gasteiger partial charge in [-0.2, -0.15) is 0 Å². The van der Waals surface area contributed by atoms with Gasteiger partial charge in [-0.25, -0.2) is 9.37 Å². The third-order valence-electron chi connectivity index (χ3n) is 5.56. The number of aromatic amines is 1. The molecule has 7 nitrogen and oxygen atoms in total. The van der Waals surface area contributed by atoms with E-state index in [-0.39, 0.29) is 40.2 Å². The molecule has 0 spiro atoms. The Hall–Kier alpha value is -3.16. The Morgan fingerprint density at radius 3 is 2.60 bits per heavy atom. The van der Waals surface area contributed by atoms with E-state index in [1.165, 1.54) is 12.1 Å². The van der Waals surface area contributed by atoms with Crippen molar-refractivity contribution in [1.29, 1.82) is 0 Å². The van der Waals surface area contributed by atoms with Crippen LogP contribution < -0.4 is 16.2 Å². The van der Waals surface area contributed by atoms with Crippen LogP contribution >= 0.6 is 0 Å². The van der Waals surface area contributed by atoms with E-state index in [1.807, 2.05) is 27.7 Å². The molecule has 8 heteroatoms. The first-order valence-electron chi connectivity index (χ1n) is 10.2. The number of carbonyl (C=O) groups is 1. The van der Waals surface area contributed by atoms with Crippen molar-refractivity contribution in [3.05, 3.63) is 45.6 Å². The molecule has 3 heterocycles. The minimum Gasteiger partial charge on any atom is -0.356 e. The van der Waals surface area contributed by atoms with Crippen LogP contribution in [-0.4, -0.2) is 26.0 Å². The second-order valence-corrected chi connectivity index (χ2v) is 9.24. The first-order valence-corrected chi connectivity index (χ1v) is 10.2. The summed E-state index contributed by atoms with van der Waals surface area (Å²) >= 11 is 0. The van der Waals surface area contributed by atoms with Gasteiger partial charge in [-0.05, 0) is 58.7 Å². The normalized spacial score (nSPS) is 18.6. The molecule has 5 rings (SSSR count). The fourth-order valence-corrected chi connectivity index (χ4v) is 4.07. The molecule has 156 valence electrons. The third kappa shape index (κ3) is 2.89. The average molecular weight is 409 g/mol. The maximum atomic E-state index is 15.0. The van der Waals surface area contributed by atoms with E-state index >= 15 is 4.39 Å². The largest absolute Gasteiger partial charge is 0.356 e. The van der Waals surface area contributed by atoms with Crippen LogP contribution in [0.15, 0.2) is 23.0 Å². The van der Waals surface area contributed by atoms with Crippen molar-refractivity contribution >= 4 is 22.8 Å². The summed E-state index contributed by atoms with van der Waals surface area (Å²) in [4.78, 5) is 33.4. The Labute approximate surface area is 172 Å². The predicted octanol–water partition coefficient (Wildman–Crippen LogP) is 3.88. The number of hydrogen-bond acceptors (Lipinski definition) is 4. The van der Waals surface area contributed by atoms with Gasteiger partial charge in [0.25, 0.3) is 11.5 Å². The second-order valence-electron chi connectivity index (χ2n) is 9.24. The number of aromatic nitrogens is 3. The van der Waals surface area contributed by atoms with Gasteiger partial charge < -0.3 is 15.6 Å². The van der Waals surface area contributed by atoms with Gasteiger partial charge in [0.2, 0.25) is 5.95 Å². The number of H-pyrrole nitrogens is 1. The molecule has 30 heavy (non-hydrogen) atoms. The molecule has 3 aromatic rings. The minimum absolute atomic E-state index is 0.117. The Kier molecular flexibility index (Phi) is 3.87. The van der Waals surface area contributed by atoms with E-state index in [4.69, 9.17) is 4.98 Å². The minimum atomic E-state index is -0.492. The maximum Gasteiger partial charge on any atom is 0.263 e. The topological polar surface area (TPSA) is 91.8 Å². The summed E-state index contributed by atoms with van der Waals surface area (Å²) < 4.78 is 16.7. The number of anilines is 1. The highest BCUT2D eigenvalue weighted by Gasteiger charge is 2.32. The van der Waals surface area contributed by atoms with Gasteiger partial charge in [-0.15, -0.1) is 0 Å². The van der Waals surface area contributed by atoms with E-state index in [1.54, 1.807) is 10.6 Å². The smallest absolute Gasteiger partial charge is 0.263 e. The number of nitrogens with one attached hydrogen (secondary N) is 3. The van der Waals surface area contributed by atoms with Crippen LogP contribution in [0.4, 0.5) is 10.3 Å². The molecule has 0 saturated heterocycles. The van der Waals surface area contributed by atoms with Crippen LogP contribution in [0.25, 0.3) is 22.2 Å². The van der Waals surface area contributed by atoms with Gasteiger partial charge >= 0.3 is 0 Å². The van der Waals surface area contributed by atoms with Crippen LogP contribution in [0, 0.1) is 5.82 Å². The Morgan fingerprint density at radius 1 is 1.23 bits per heavy atom. The molecule has 0 radical (unpaired) electrons. The molecular formula is C22H24FN5O2. The zero-order valence-corrected chi connectivity index (χ0v) is 17.4. The number of fused-ring (bicyclic) bond motifs is 2. The summed E-state index contributed by atoms with van der Waals surface area (Å²) in [5.41, 5.74) is 1.65. The molecule has 1 aromatic carbocycles. The lowest BCUT2D eigenvalue weighted by atomic mass is 10.1. The summed E-state index contributed by atoms with van der Waals surface area (Å²) in [6.07, 6.45) is 1.85. The molecule has 1 atom stereocenters. The molecule has 1 amide bonds. The number of carbonyl (C=O) groups excluding carboxylic acids is 1. The van der Waals surface area contributed by atoms with Crippen molar-refractivity contribution in [3.8, 4) is 11.3 Å². The summed E-state index contributed by atoms with van der Waals surface area (Å²) in [6.45, 7) is 7.83. The molecule has 1 aliphatic heterocycles. The van der Waals surface area contributed by atoms with Crippen LogP contribution in [-0.2, 0) is 0 Å². The van der Waals surface area contributed by atoms with E-state index < -0.39 is 5.82 Å². The van der Waals surface area contributed by atoms with Crippen LogP contribution in [0.3, 0.4) is 0 Å². The summed E-state index contributed by atoms with van der Waals surface area (Å²) in [7, 11) is 0. The lowest BCUT2D eigenvalue weighted by Crippen LogP contribution is -2.33. The third-order valence-corrected chi connectivity index (χ3v) is 5.56. The number of benzene rings is 1. The highest BCUT2D eigenvalue weighted by Crippen LogP contribution is 2.38. The van der Waals surface area contributed by atoms with Crippen molar-refractivity contribution in [2.75, 3.05) is 5.32 Å². The molecule has 1 saturated carbocycles. The highest BCUT2D eigenvalue weighted by molar-refractivity contribution is 6.01. The second kappa shape index (κ2) is 6.17. The van der Waals surface area contributed by atoms with Crippen molar-refractivity contribution < 1.29 is 9.18 Å².